The number of hydrogen-bond donors (Lipinski definition) is 1. The van der Waals surface area contributed by atoms with E-state index in [-0.39, 0.29) is 17.6 Å². The number of nitro groups is 1. The minimum atomic E-state index is -0.450. The monoisotopic (exact) mass is 291 g/mol. The number of amides is 1. The smallest absolute Gasteiger partial charge is 0.269 e. The number of carbonyl (C=O) groups excluding carboxylic acids is 1. The summed E-state index contributed by atoms with van der Waals surface area (Å²) in [4.78, 5) is 24.7. The Morgan fingerprint density at radius 1 is 1.52 bits per heavy atom. The van der Waals surface area contributed by atoms with Crippen molar-refractivity contribution in [3.05, 3.63) is 39.4 Å². The number of piperidine rings is 1. The lowest BCUT2D eigenvalue weighted by Crippen LogP contribution is -2.49. The predicted molar refractivity (Wildman–Crippen MR) is 80.1 cm³/mol. The fourth-order valence-electron chi connectivity index (χ4n) is 2.84. The van der Waals surface area contributed by atoms with Crippen LogP contribution in [0.5, 0.6) is 0 Å². The van der Waals surface area contributed by atoms with Gasteiger partial charge in [0.25, 0.3) is 11.6 Å². The van der Waals surface area contributed by atoms with Gasteiger partial charge < -0.3 is 10.6 Å². The number of rotatable bonds is 3. The summed E-state index contributed by atoms with van der Waals surface area (Å²) in [5.74, 6) is 0.258. The van der Waals surface area contributed by atoms with Gasteiger partial charge in [0.05, 0.1) is 4.92 Å². The van der Waals surface area contributed by atoms with Crippen LogP contribution in [0.3, 0.4) is 0 Å². The summed E-state index contributed by atoms with van der Waals surface area (Å²) in [5, 5.41) is 10.8. The average Bonchev–Trinajstić information content (AvgIpc) is 2.46. The van der Waals surface area contributed by atoms with Crippen LogP contribution in [0.4, 0.5) is 5.69 Å². The molecule has 1 fully saturated rings. The van der Waals surface area contributed by atoms with E-state index in [0.717, 1.165) is 12.8 Å². The third-order valence-corrected chi connectivity index (χ3v) is 4.26. The first-order valence-electron chi connectivity index (χ1n) is 7.24. The zero-order valence-electron chi connectivity index (χ0n) is 12.4. The molecule has 1 aromatic rings. The van der Waals surface area contributed by atoms with E-state index in [1.807, 2.05) is 4.90 Å². The van der Waals surface area contributed by atoms with Crippen molar-refractivity contribution in [3.8, 4) is 0 Å². The molecule has 1 heterocycles. The Kier molecular flexibility index (Phi) is 4.57. The van der Waals surface area contributed by atoms with E-state index in [9.17, 15) is 14.9 Å². The number of likely N-dealkylation sites (tertiary alicyclic amines) is 1. The molecular formula is C15H21N3O3. The molecule has 0 saturated carbocycles. The molecule has 2 rings (SSSR count). The molecule has 2 N–H and O–H groups in total. The van der Waals surface area contributed by atoms with Crippen molar-refractivity contribution in [2.24, 2.45) is 11.7 Å². The Morgan fingerprint density at radius 3 is 2.81 bits per heavy atom. The van der Waals surface area contributed by atoms with E-state index in [1.165, 1.54) is 12.1 Å². The maximum atomic E-state index is 12.6. The summed E-state index contributed by atoms with van der Waals surface area (Å²) in [6.45, 7) is 5.11. The van der Waals surface area contributed by atoms with Crippen molar-refractivity contribution in [1.29, 1.82) is 0 Å². The van der Waals surface area contributed by atoms with Gasteiger partial charge in [0.2, 0.25) is 0 Å². The van der Waals surface area contributed by atoms with Crippen LogP contribution in [0.2, 0.25) is 0 Å². The molecule has 0 radical (unpaired) electrons. The molecule has 1 amide bonds. The number of nitrogens with two attached hydrogens (primary N) is 1. The second-order valence-electron chi connectivity index (χ2n) is 5.63. The van der Waals surface area contributed by atoms with Crippen LogP contribution in [0, 0.1) is 23.0 Å². The molecule has 0 aromatic heterocycles. The Labute approximate surface area is 124 Å². The quantitative estimate of drug-likeness (QED) is 0.682. The van der Waals surface area contributed by atoms with Crippen LogP contribution in [0.1, 0.15) is 35.7 Å². The second-order valence-corrected chi connectivity index (χ2v) is 5.63. The van der Waals surface area contributed by atoms with Crippen molar-refractivity contribution >= 4 is 11.6 Å². The zero-order chi connectivity index (χ0) is 15.6. The summed E-state index contributed by atoms with van der Waals surface area (Å²) >= 11 is 0. The van der Waals surface area contributed by atoms with Gasteiger partial charge in [-0.15, -0.1) is 0 Å². The van der Waals surface area contributed by atoms with Crippen molar-refractivity contribution in [2.45, 2.75) is 32.7 Å². The van der Waals surface area contributed by atoms with Gasteiger partial charge >= 0.3 is 0 Å². The van der Waals surface area contributed by atoms with E-state index >= 15 is 0 Å². The minimum absolute atomic E-state index is 0.0103. The molecule has 2 atom stereocenters. The van der Waals surface area contributed by atoms with Gasteiger partial charge in [-0.05, 0) is 30.9 Å². The third kappa shape index (κ3) is 3.21. The molecule has 114 valence electrons. The molecule has 6 nitrogen and oxygen atoms in total. The highest BCUT2D eigenvalue weighted by atomic mass is 16.6. The van der Waals surface area contributed by atoms with Gasteiger partial charge in [-0.3, -0.25) is 14.9 Å². The highest BCUT2D eigenvalue weighted by Crippen LogP contribution is 2.23. The molecule has 21 heavy (non-hydrogen) atoms. The highest BCUT2D eigenvalue weighted by molar-refractivity contribution is 5.96. The van der Waals surface area contributed by atoms with E-state index in [2.05, 4.69) is 6.92 Å². The standard InChI is InChI=1S/C15H21N3O3/c1-3-11-9-17(7-6-14(11)16)15(19)13-5-4-12(18(20)21)8-10(13)2/h4-5,8,11,14H,3,6-7,9,16H2,1-2H3. The normalized spacial score (nSPS) is 22.1. The number of non-ortho nitro benzene ring substituents is 1. The first-order valence-corrected chi connectivity index (χ1v) is 7.24. The van der Waals surface area contributed by atoms with Crippen LogP contribution >= 0.6 is 0 Å². The SMILES string of the molecule is CCC1CN(C(=O)c2ccc([N+](=O)[O-])cc2C)CCC1N. The minimum Gasteiger partial charge on any atom is -0.338 e. The lowest BCUT2D eigenvalue weighted by Gasteiger charge is -2.36. The molecule has 1 aromatic carbocycles. The Morgan fingerprint density at radius 2 is 2.24 bits per heavy atom. The molecule has 6 heteroatoms. The number of nitrogens with zero attached hydrogens (tertiary/aromatic N) is 2. The fourth-order valence-corrected chi connectivity index (χ4v) is 2.84. The van der Waals surface area contributed by atoms with Crippen LogP contribution in [0.25, 0.3) is 0 Å². The van der Waals surface area contributed by atoms with Gasteiger partial charge in [-0.2, -0.15) is 0 Å². The topological polar surface area (TPSA) is 89.5 Å². The molecule has 2 unspecified atom stereocenters. The van der Waals surface area contributed by atoms with Crippen molar-refractivity contribution in [3.63, 3.8) is 0 Å². The van der Waals surface area contributed by atoms with Crippen molar-refractivity contribution < 1.29 is 9.72 Å². The van der Waals surface area contributed by atoms with Gasteiger partial charge in [0.15, 0.2) is 0 Å². The summed E-state index contributed by atoms with van der Waals surface area (Å²) in [6, 6.07) is 4.52. The van der Waals surface area contributed by atoms with Crippen LogP contribution < -0.4 is 5.73 Å². The predicted octanol–water partition coefficient (Wildman–Crippen LogP) is 2.10. The summed E-state index contributed by atoms with van der Waals surface area (Å²) in [6.07, 6.45) is 1.75. The largest absolute Gasteiger partial charge is 0.338 e. The third-order valence-electron chi connectivity index (χ3n) is 4.26. The van der Waals surface area contributed by atoms with E-state index < -0.39 is 4.92 Å². The van der Waals surface area contributed by atoms with Crippen LogP contribution in [-0.2, 0) is 0 Å². The maximum Gasteiger partial charge on any atom is 0.269 e. The molecule has 1 aliphatic rings. The summed E-state index contributed by atoms with van der Waals surface area (Å²) in [7, 11) is 0. The Hall–Kier alpha value is -1.95. The Balaban J connectivity index is 2.18. The van der Waals surface area contributed by atoms with E-state index in [0.29, 0.717) is 30.1 Å². The van der Waals surface area contributed by atoms with Gasteiger partial charge in [-0.1, -0.05) is 13.3 Å². The van der Waals surface area contributed by atoms with Crippen molar-refractivity contribution in [2.75, 3.05) is 13.1 Å². The summed E-state index contributed by atoms with van der Waals surface area (Å²) in [5.41, 5.74) is 7.24. The molecule has 0 aliphatic carbocycles. The fraction of sp³-hybridized carbons (Fsp3) is 0.533. The number of hydrogen-bond acceptors (Lipinski definition) is 4. The van der Waals surface area contributed by atoms with Gasteiger partial charge in [0.1, 0.15) is 0 Å². The molecule has 1 aliphatic heterocycles. The molecule has 1 saturated heterocycles. The Bertz CT molecular complexity index is 559. The van der Waals surface area contributed by atoms with Crippen LogP contribution in [-0.4, -0.2) is 34.9 Å². The zero-order valence-corrected chi connectivity index (χ0v) is 12.4. The molecule has 0 spiro atoms. The average molecular weight is 291 g/mol. The van der Waals surface area contributed by atoms with Gasteiger partial charge in [-0.25, -0.2) is 0 Å². The van der Waals surface area contributed by atoms with Gasteiger partial charge in [0, 0.05) is 36.8 Å². The lowest BCUT2D eigenvalue weighted by molar-refractivity contribution is -0.384. The first-order chi connectivity index (χ1) is 9.93. The van der Waals surface area contributed by atoms with Crippen molar-refractivity contribution in [1.82, 2.24) is 4.90 Å². The number of carbonyl (C=O) groups is 1. The number of nitro benzene ring substituents is 1. The maximum absolute atomic E-state index is 12.6. The first kappa shape index (κ1) is 15.4. The number of benzene rings is 1. The van der Waals surface area contributed by atoms with E-state index in [1.54, 1.807) is 13.0 Å². The lowest BCUT2D eigenvalue weighted by atomic mass is 9.90. The second kappa shape index (κ2) is 6.22. The number of aryl methyl sites for hydroxylation is 1. The summed E-state index contributed by atoms with van der Waals surface area (Å²) < 4.78 is 0. The molecular weight excluding hydrogens is 270 g/mol. The van der Waals surface area contributed by atoms with Crippen LogP contribution in [0.15, 0.2) is 18.2 Å². The van der Waals surface area contributed by atoms with E-state index in [4.69, 9.17) is 5.73 Å². The molecule has 0 bridgehead atoms. The highest BCUT2D eigenvalue weighted by Gasteiger charge is 2.29.